The van der Waals surface area contributed by atoms with Crippen molar-refractivity contribution in [3.05, 3.63) is 28.9 Å². The molecule has 2 aromatic rings. The van der Waals surface area contributed by atoms with Gasteiger partial charge < -0.3 is 19.4 Å². The van der Waals surface area contributed by atoms with Gasteiger partial charge in [0.15, 0.2) is 0 Å². The zero-order valence-corrected chi connectivity index (χ0v) is 14.4. The normalized spacial score (nSPS) is 22.6. The second-order valence-electron chi connectivity index (χ2n) is 6.44. The van der Waals surface area contributed by atoms with E-state index in [0.717, 1.165) is 42.5 Å². The van der Waals surface area contributed by atoms with E-state index in [2.05, 4.69) is 12.2 Å². The molecule has 1 fully saturated rings. The number of carbonyl (C=O) groups excluding carboxylic acids is 1. The van der Waals surface area contributed by atoms with E-state index in [-0.39, 0.29) is 18.1 Å². The quantitative estimate of drug-likeness (QED) is 0.921. The number of hydrogen-bond acceptors (Lipinski definition) is 3. The van der Waals surface area contributed by atoms with Crippen LogP contribution in [0.3, 0.4) is 0 Å². The molecule has 1 N–H and O–H groups in total. The molecule has 128 valence electrons. The average Bonchev–Trinajstić information content (AvgIpc) is 3.24. The molecule has 0 radical (unpaired) electrons. The van der Waals surface area contributed by atoms with Gasteiger partial charge in [-0.05, 0) is 37.5 Å². The Morgan fingerprint density at radius 3 is 3.04 bits per heavy atom. The minimum atomic E-state index is -0.0829. The summed E-state index contributed by atoms with van der Waals surface area (Å²) in [5, 5.41) is 4.51. The van der Waals surface area contributed by atoms with Gasteiger partial charge in [-0.15, -0.1) is 0 Å². The van der Waals surface area contributed by atoms with Crippen LogP contribution in [0.25, 0.3) is 10.9 Å². The number of hydrogen-bond donors (Lipinski definition) is 1. The monoisotopic (exact) mass is 348 g/mol. The maximum Gasteiger partial charge on any atom is 0.268 e. The Morgan fingerprint density at radius 1 is 1.42 bits per heavy atom. The highest BCUT2D eigenvalue weighted by Gasteiger charge is 2.27. The molecule has 0 bridgehead atoms. The number of rotatable bonds is 4. The van der Waals surface area contributed by atoms with Gasteiger partial charge in [0.05, 0.1) is 23.2 Å². The number of aromatic nitrogens is 1. The first-order chi connectivity index (χ1) is 11.7. The van der Waals surface area contributed by atoms with Crippen molar-refractivity contribution in [2.45, 2.75) is 44.9 Å². The summed E-state index contributed by atoms with van der Waals surface area (Å²) in [7, 11) is 0. The molecular weight excluding hydrogens is 328 g/mol. The molecule has 0 aliphatic carbocycles. The molecule has 2 atom stereocenters. The lowest BCUT2D eigenvalue weighted by Crippen LogP contribution is -2.35. The lowest BCUT2D eigenvalue weighted by atomic mass is 10.2. The van der Waals surface area contributed by atoms with Gasteiger partial charge in [-0.1, -0.05) is 18.5 Å². The number of nitrogens with zero attached hydrogens (tertiary/aromatic N) is 1. The third-order valence-corrected chi connectivity index (χ3v) is 5.18. The van der Waals surface area contributed by atoms with E-state index in [4.69, 9.17) is 21.1 Å². The maximum absolute atomic E-state index is 12.7. The summed E-state index contributed by atoms with van der Waals surface area (Å²) in [6, 6.07) is 5.58. The fourth-order valence-electron chi connectivity index (χ4n) is 3.52. The van der Waals surface area contributed by atoms with E-state index in [1.54, 1.807) is 0 Å². The van der Waals surface area contributed by atoms with Crippen molar-refractivity contribution in [2.75, 3.05) is 13.2 Å². The van der Waals surface area contributed by atoms with Gasteiger partial charge in [0.25, 0.3) is 5.91 Å². The molecule has 4 rings (SSSR count). The van der Waals surface area contributed by atoms with Gasteiger partial charge in [0.2, 0.25) is 0 Å². The van der Waals surface area contributed by atoms with Crippen molar-refractivity contribution in [3.63, 3.8) is 0 Å². The van der Waals surface area contributed by atoms with E-state index in [0.29, 0.717) is 23.8 Å². The average molecular weight is 349 g/mol. The van der Waals surface area contributed by atoms with Crippen LogP contribution in [0.4, 0.5) is 0 Å². The van der Waals surface area contributed by atoms with Gasteiger partial charge >= 0.3 is 0 Å². The lowest BCUT2D eigenvalue weighted by molar-refractivity contribution is 0.0845. The zero-order valence-electron chi connectivity index (χ0n) is 13.7. The number of carbonyl (C=O) groups is 1. The van der Waals surface area contributed by atoms with Crippen LogP contribution >= 0.6 is 11.6 Å². The minimum absolute atomic E-state index is 0.0685. The Hall–Kier alpha value is -1.72. The van der Waals surface area contributed by atoms with E-state index in [9.17, 15) is 4.79 Å². The van der Waals surface area contributed by atoms with Crippen molar-refractivity contribution in [1.29, 1.82) is 0 Å². The molecule has 6 heteroatoms. The zero-order chi connectivity index (χ0) is 16.7. The van der Waals surface area contributed by atoms with Crippen LogP contribution in [-0.2, 0) is 11.3 Å². The van der Waals surface area contributed by atoms with Gasteiger partial charge in [0, 0.05) is 18.5 Å². The van der Waals surface area contributed by atoms with Crippen LogP contribution in [0.1, 0.15) is 36.7 Å². The summed E-state index contributed by atoms with van der Waals surface area (Å²) >= 11 is 6.33. The fraction of sp³-hybridized carbons (Fsp3) is 0.500. The molecular formula is C18H21ClN2O3. The van der Waals surface area contributed by atoms with E-state index in [1.165, 1.54) is 0 Å². The first kappa shape index (κ1) is 15.8. The number of ether oxygens (including phenoxy) is 2. The molecule has 1 aromatic carbocycles. The first-order valence-electron chi connectivity index (χ1n) is 8.55. The molecule has 0 saturated carbocycles. The van der Waals surface area contributed by atoms with Crippen LogP contribution in [0.5, 0.6) is 5.75 Å². The number of nitrogens with one attached hydrogen (secondary N) is 1. The summed E-state index contributed by atoms with van der Waals surface area (Å²) < 4.78 is 13.6. The Balaban J connectivity index is 1.67. The standard InChI is InChI=1S/C18H21ClN2O3/c1-2-11-10-21-15(18(22)20-9-12-4-3-7-23-12)8-13-14(19)5-6-16(24-11)17(13)21/h5-6,8,11-12H,2-4,7,9-10H2,1H3,(H,20,22)/t11-,12-/m0/s1. The third kappa shape index (κ3) is 2.66. The molecule has 0 unspecified atom stereocenters. The van der Waals surface area contributed by atoms with Gasteiger partial charge in [0.1, 0.15) is 17.5 Å². The smallest absolute Gasteiger partial charge is 0.268 e. The van der Waals surface area contributed by atoms with Crippen LogP contribution in [0, 0.1) is 0 Å². The third-order valence-electron chi connectivity index (χ3n) is 4.85. The molecule has 0 spiro atoms. The van der Waals surface area contributed by atoms with Crippen molar-refractivity contribution in [1.82, 2.24) is 9.88 Å². The molecule has 1 aromatic heterocycles. The van der Waals surface area contributed by atoms with E-state index >= 15 is 0 Å². The maximum atomic E-state index is 12.7. The number of amides is 1. The van der Waals surface area contributed by atoms with Gasteiger partial charge in [-0.25, -0.2) is 0 Å². The number of halogens is 1. The van der Waals surface area contributed by atoms with E-state index < -0.39 is 0 Å². The number of benzene rings is 1. The summed E-state index contributed by atoms with van der Waals surface area (Å²) in [5.41, 5.74) is 1.55. The Kier molecular flexibility index (Phi) is 4.14. The summed E-state index contributed by atoms with van der Waals surface area (Å²) in [6.45, 7) is 4.09. The summed E-state index contributed by atoms with van der Waals surface area (Å²) in [5.74, 6) is 0.714. The van der Waals surface area contributed by atoms with Crippen molar-refractivity contribution in [3.8, 4) is 5.75 Å². The SMILES string of the molecule is CC[C@H]1Cn2c(C(=O)NC[C@@H]3CCCO3)cc3c(Cl)ccc(c32)O1. The van der Waals surface area contributed by atoms with Crippen LogP contribution in [-0.4, -0.2) is 35.8 Å². The second kappa shape index (κ2) is 6.30. The summed E-state index contributed by atoms with van der Waals surface area (Å²) in [4.78, 5) is 12.7. The van der Waals surface area contributed by atoms with Crippen LogP contribution < -0.4 is 10.1 Å². The van der Waals surface area contributed by atoms with E-state index in [1.807, 2.05) is 22.8 Å². The first-order valence-corrected chi connectivity index (χ1v) is 8.93. The van der Waals surface area contributed by atoms with Gasteiger partial charge in [-0.2, -0.15) is 0 Å². The largest absolute Gasteiger partial charge is 0.486 e. The molecule has 2 aliphatic heterocycles. The highest BCUT2D eigenvalue weighted by Crippen LogP contribution is 2.38. The fourth-order valence-corrected chi connectivity index (χ4v) is 3.73. The highest BCUT2D eigenvalue weighted by molar-refractivity contribution is 6.36. The Bertz CT molecular complexity index is 780. The lowest BCUT2D eigenvalue weighted by Gasteiger charge is -2.26. The van der Waals surface area contributed by atoms with Crippen molar-refractivity contribution >= 4 is 28.4 Å². The topological polar surface area (TPSA) is 52.5 Å². The summed E-state index contributed by atoms with van der Waals surface area (Å²) in [6.07, 6.45) is 3.16. The minimum Gasteiger partial charge on any atom is -0.486 e. The predicted molar refractivity (Wildman–Crippen MR) is 93.0 cm³/mol. The molecule has 5 nitrogen and oxygen atoms in total. The Labute approximate surface area is 145 Å². The molecule has 24 heavy (non-hydrogen) atoms. The van der Waals surface area contributed by atoms with Crippen molar-refractivity contribution in [2.24, 2.45) is 0 Å². The predicted octanol–water partition coefficient (Wildman–Crippen LogP) is 3.37. The van der Waals surface area contributed by atoms with Crippen LogP contribution in [0.2, 0.25) is 5.02 Å². The molecule has 2 aliphatic rings. The van der Waals surface area contributed by atoms with Crippen LogP contribution in [0.15, 0.2) is 18.2 Å². The Morgan fingerprint density at radius 2 is 2.29 bits per heavy atom. The highest BCUT2D eigenvalue weighted by atomic mass is 35.5. The molecule has 1 amide bonds. The second-order valence-corrected chi connectivity index (χ2v) is 6.85. The molecule has 1 saturated heterocycles. The van der Waals surface area contributed by atoms with Crippen molar-refractivity contribution < 1.29 is 14.3 Å². The molecule has 3 heterocycles. The van der Waals surface area contributed by atoms with Gasteiger partial charge in [-0.3, -0.25) is 4.79 Å².